The normalized spacial score (nSPS) is 17.3. The van der Waals surface area contributed by atoms with Crippen LogP contribution in [0.1, 0.15) is 28.8 Å². The van der Waals surface area contributed by atoms with E-state index in [2.05, 4.69) is 5.32 Å². The molecule has 0 aliphatic carbocycles. The summed E-state index contributed by atoms with van der Waals surface area (Å²) in [5, 5.41) is 11.7. The molecule has 1 saturated heterocycles. The monoisotopic (exact) mass is 326 g/mol. The maximum atomic E-state index is 11.9. The van der Waals surface area contributed by atoms with Crippen molar-refractivity contribution >= 4 is 27.6 Å². The number of benzene rings is 1. The first kappa shape index (κ1) is 16.4. The number of carbonyl (C=O) groups is 2. The van der Waals surface area contributed by atoms with Gasteiger partial charge in [0.15, 0.2) is 0 Å². The number of carboxylic acids is 1. The Labute approximate surface area is 129 Å². The maximum Gasteiger partial charge on any atom is 0.337 e. The van der Waals surface area contributed by atoms with Crippen molar-refractivity contribution in [2.24, 2.45) is 0 Å². The van der Waals surface area contributed by atoms with Gasteiger partial charge in [-0.15, -0.1) is 0 Å². The fourth-order valence-electron chi connectivity index (χ4n) is 2.33. The highest BCUT2D eigenvalue weighted by Crippen LogP contribution is 2.18. The van der Waals surface area contributed by atoms with Crippen LogP contribution < -0.4 is 5.32 Å². The summed E-state index contributed by atoms with van der Waals surface area (Å²) in [7, 11) is -3.22. The van der Waals surface area contributed by atoms with Crippen LogP contribution in [0.15, 0.2) is 18.2 Å². The summed E-state index contributed by atoms with van der Waals surface area (Å²) in [5.74, 6) is -1.41. The van der Waals surface area contributed by atoms with Gasteiger partial charge < -0.3 is 10.4 Å². The molecule has 120 valence electrons. The van der Waals surface area contributed by atoms with Crippen molar-refractivity contribution in [2.75, 3.05) is 24.2 Å². The summed E-state index contributed by atoms with van der Waals surface area (Å²) in [6.45, 7) is 2.30. The number of nitrogens with one attached hydrogen (secondary N) is 1. The number of hydrogen-bond acceptors (Lipinski definition) is 4. The van der Waals surface area contributed by atoms with Gasteiger partial charge in [-0.05, 0) is 25.5 Å². The molecular formula is C14H18N2O5S. The number of anilines is 1. The first-order valence-corrected chi connectivity index (χ1v) is 8.52. The number of nitrogens with zero attached hydrogens (tertiary/aromatic N) is 1. The van der Waals surface area contributed by atoms with Gasteiger partial charge in [-0.3, -0.25) is 4.79 Å². The van der Waals surface area contributed by atoms with E-state index in [0.29, 0.717) is 13.0 Å². The molecule has 2 N–H and O–H groups in total. The molecular weight excluding hydrogens is 308 g/mol. The number of rotatable bonds is 5. The van der Waals surface area contributed by atoms with E-state index in [1.54, 1.807) is 13.0 Å². The summed E-state index contributed by atoms with van der Waals surface area (Å²) >= 11 is 0. The molecule has 0 spiro atoms. The standard InChI is InChI=1S/C14H18N2O5S/c1-10-3-4-12(11(9-10)14(18)19)15-13(17)5-7-16-6-2-8-22(16,20)21/h3-4,9H,2,5-8H2,1H3,(H,15,17)(H,18,19). The molecule has 0 saturated carbocycles. The lowest BCUT2D eigenvalue weighted by Gasteiger charge is -2.14. The van der Waals surface area contributed by atoms with E-state index in [-0.39, 0.29) is 30.0 Å². The quantitative estimate of drug-likeness (QED) is 0.842. The lowest BCUT2D eigenvalue weighted by molar-refractivity contribution is -0.116. The molecule has 22 heavy (non-hydrogen) atoms. The molecule has 1 aliphatic heterocycles. The van der Waals surface area contributed by atoms with Gasteiger partial charge in [-0.25, -0.2) is 17.5 Å². The Morgan fingerprint density at radius 3 is 2.68 bits per heavy atom. The zero-order valence-corrected chi connectivity index (χ0v) is 13.0. The van der Waals surface area contributed by atoms with Crippen LogP contribution in [-0.4, -0.2) is 48.5 Å². The van der Waals surface area contributed by atoms with Crippen LogP contribution in [0.3, 0.4) is 0 Å². The third kappa shape index (κ3) is 3.83. The van der Waals surface area contributed by atoms with Crippen LogP contribution in [0, 0.1) is 6.92 Å². The zero-order chi connectivity index (χ0) is 16.3. The second kappa shape index (κ2) is 6.45. The Morgan fingerprint density at radius 2 is 2.09 bits per heavy atom. The van der Waals surface area contributed by atoms with Crippen LogP contribution in [0.2, 0.25) is 0 Å². The number of hydrogen-bond donors (Lipinski definition) is 2. The predicted molar refractivity (Wildman–Crippen MR) is 81.4 cm³/mol. The van der Waals surface area contributed by atoms with Gasteiger partial charge in [-0.1, -0.05) is 11.6 Å². The number of sulfonamides is 1. The average Bonchev–Trinajstić information content (AvgIpc) is 2.77. The molecule has 7 nitrogen and oxygen atoms in total. The first-order valence-electron chi connectivity index (χ1n) is 6.91. The highest BCUT2D eigenvalue weighted by Gasteiger charge is 2.28. The molecule has 0 atom stereocenters. The fraction of sp³-hybridized carbons (Fsp3) is 0.429. The number of aryl methyl sites for hydroxylation is 1. The minimum atomic E-state index is -3.22. The summed E-state index contributed by atoms with van der Waals surface area (Å²) < 4.78 is 24.6. The van der Waals surface area contributed by atoms with Crippen molar-refractivity contribution in [3.8, 4) is 0 Å². The van der Waals surface area contributed by atoms with E-state index in [0.717, 1.165) is 5.56 Å². The van der Waals surface area contributed by atoms with Crippen LogP contribution in [-0.2, 0) is 14.8 Å². The van der Waals surface area contributed by atoms with Gasteiger partial charge in [-0.2, -0.15) is 0 Å². The van der Waals surface area contributed by atoms with E-state index < -0.39 is 21.9 Å². The number of aromatic carboxylic acids is 1. The summed E-state index contributed by atoms with van der Waals surface area (Å²) in [5.41, 5.74) is 1.01. The minimum absolute atomic E-state index is 0.00777. The second-order valence-corrected chi connectivity index (χ2v) is 7.31. The molecule has 2 rings (SSSR count). The molecule has 1 aromatic carbocycles. The topological polar surface area (TPSA) is 104 Å². The van der Waals surface area contributed by atoms with Gasteiger partial charge in [0.2, 0.25) is 15.9 Å². The maximum absolute atomic E-state index is 11.9. The Bertz CT molecular complexity index is 699. The summed E-state index contributed by atoms with van der Waals surface area (Å²) in [4.78, 5) is 23.1. The average molecular weight is 326 g/mol. The van der Waals surface area contributed by atoms with E-state index >= 15 is 0 Å². The van der Waals surface area contributed by atoms with Gasteiger partial charge in [0, 0.05) is 19.5 Å². The molecule has 0 radical (unpaired) electrons. The van der Waals surface area contributed by atoms with Gasteiger partial charge in [0.1, 0.15) is 0 Å². The Hall–Kier alpha value is -1.93. The molecule has 8 heteroatoms. The van der Waals surface area contributed by atoms with E-state index in [4.69, 9.17) is 5.11 Å². The van der Waals surface area contributed by atoms with Crippen LogP contribution >= 0.6 is 0 Å². The molecule has 0 unspecified atom stereocenters. The second-order valence-electron chi connectivity index (χ2n) is 5.22. The Kier molecular flexibility index (Phi) is 4.82. The number of amides is 1. The number of carbonyl (C=O) groups excluding carboxylic acids is 1. The molecule has 1 heterocycles. The van der Waals surface area contributed by atoms with Gasteiger partial charge in [0.25, 0.3) is 0 Å². The molecule has 0 aromatic heterocycles. The van der Waals surface area contributed by atoms with Gasteiger partial charge >= 0.3 is 5.97 Å². The molecule has 1 fully saturated rings. The third-order valence-corrected chi connectivity index (χ3v) is 5.43. The van der Waals surface area contributed by atoms with Crippen LogP contribution in [0.4, 0.5) is 5.69 Å². The minimum Gasteiger partial charge on any atom is -0.478 e. The molecule has 0 bridgehead atoms. The molecule has 1 amide bonds. The third-order valence-electron chi connectivity index (χ3n) is 3.47. The zero-order valence-electron chi connectivity index (χ0n) is 12.2. The van der Waals surface area contributed by atoms with E-state index in [9.17, 15) is 18.0 Å². The SMILES string of the molecule is Cc1ccc(NC(=O)CCN2CCCS2(=O)=O)c(C(=O)O)c1. The van der Waals surface area contributed by atoms with Crippen molar-refractivity contribution in [3.05, 3.63) is 29.3 Å². The Morgan fingerprint density at radius 1 is 1.36 bits per heavy atom. The number of carboxylic acid groups (broad SMARTS) is 1. The van der Waals surface area contributed by atoms with Crippen LogP contribution in [0.5, 0.6) is 0 Å². The van der Waals surface area contributed by atoms with Crippen molar-refractivity contribution in [2.45, 2.75) is 19.8 Å². The lowest BCUT2D eigenvalue weighted by atomic mass is 10.1. The largest absolute Gasteiger partial charge is 0.478 e. The van der Waals surface area contributed by atoms with Crippen molar-refractivity contribution in [1.82, 2.24) is 4.31 Å². The first-order chi connectivity index (χ1) is 10.3. The van der Waals surface area contributed by atoms with Crippen LogP contribution in [0.25, 0.3) is 0 Å². The fourth-order valence-corrected chi connectivity index (χ4v) is 3.85. The van der Waals surface area contributed by atoms with Gasteiger partial charge in [0.05, 0.1) is 17.0 Å². The van der Waals surface area contributed by atoms with Crippen molar-refractivity contribution < 1.29 is 23.1 Å². The molecule has 1 aliphatic rings. The van der Waals surface area contributed by atoms with Crippen molar-refractivity contribution in [3.63, 3.8) is 0 Å². The molecule has 1 aromatic rings. The smallest absolute Gasteiger partial charge is 0.337 e. The lowest BCUT2D eigenvalue weighted by Crippen LogP contribution is -2.29. The summed E-state index contributed by atoms with van der Waals surface area (Å²) in [6.07, 6.45) is 0.567. The highest BCUT2D eigenvalue weighted by atomic mass is 32.2. The highest BCUT2D eigenvalue weighted by molar-refractivity contribution is 7.89. The van der Waals surface area contributed by atoms with E-state index in [1.165, 1.54) is 16.4 Å². The van der Waals surface area contributed by atoms with E-state index in [1.807, 2.05) is 0 Å². The van der Waals surface area contributed by atoms with Crippen molar-refractivity contribution in [1.29, 1.82) is 0 Å². The summed E-state index contributed by atoms with van der Waals surface area (Å²) in [6, 6.07) is 4.71. The predicted octanol–water partition coefficient (Wildman–Crippen LogP) is 1.06. The Balaban J connectivity index is 1.99.